The summed E-state index contributed by atoms with van der Waals surface area (Å²) in [5.41, 5.74) is 2.69. The van der Waals surface area contributed by atoms with Crippen LogP contribution in [0.15, 0.2) is 22.8 Å². The van der Waals surface area contributed by atoms with Crippen LogP contribution < -0.4 is 5.32 Å². The van der Waals surface area contributed by atoms with Crippen LogP contribution in [0.1, 0.15) is 25.1 Å². The van der Waals surface area contributed by atoms with Crippen LogP contribution in [0.3, 0.4) is 0 Å². The highest BCUT2D eigenvalue weighted by Crippen LogP contribution is 2.26. The van der Waals surface area contributed by atoms with Gasteiger partial charge in [0, 0.05) is 12.7 Å². The van der Waals surface area contributed by atoms with Crippen molar-refractivity contribution in [2.45, 2.75) is 27.7 Å². The lowest BCUT2D eigenvalue weighted by Crippen LogP contribution is -2.12. The summed E-state index contributed by atoms with van der Waals surface area (Å²) >= 11 is 3.21. The molecule has 1 aromatic heterocycles. The molecule has 20 heavy (non-hydrogen) atoms. The first kappa shape index (κ1) is 15.0. The van der Waals surface area contributed by atoms with Crippen molar-refractivity contribution in [2.75, 3.05) is 11.9 Å². The Hall–Kier alpha value is -1.36. The fraction of sp³-hybridized carbons (Fsp3) is 0.400. The molecule has 0 aliphatic carbocycles. The van der Waals surface area contributed by atoms with E-state index in [-0.39, 0.29) is 5.82 Å². The average Bonchev–Trinajstić information content (AvgIpc) is 2.72. The standard InChI is InChI=1S/C15H19BrFN3/c1-9(2)7-18-15-19-11(4)8-20(15)14-6-13(17)12(16)5-10(14)3/h5-6,8-9H,7H2,1-4H3,(H,18,19). The van der Waals surface area contributed by atoms with Gasteiger partial charge >= 0.3 is 0 Å². The van der Waals surface area contributed by atoms with Crippen molar-refractivity contribution in [3.05, 3.63) is 39.9 Å². The summed E-state index contributed by atoms with van der Waals surface area (Å²) in [5, 5.41) is 3.31. The number of aryl methyl sites for hydroxylation is 2. The number of anilines is 1. The normalized spacial score (nSPS) is 11.2. The van der Waals surface area contributed by atoms with Gasteiger partial charge in [0.05, 0.1) is 15.9 Å². The molecule has 1 aromatic carbocycles. The van der Waals surface area contributed by atoms with E-state index in [2.05, 4.69) is 40.1 Å². The molecule has 0 aliphatic heterocycles. The maximum Gasteiger partial charge on any atom is 0.207 e. The molecular weight excluding hydrogens is 321 g/mol. The monoisotopic (exact) mass is 339 g/mol. The molecule has 0 radical (unpaired) electrons. The fourth-order valence-electron chi connectivity index (χ4n) is 2.00. The van der Waals surface area contributed by atoms with Crippen LogP contribution in [0.5, 0.6) is 0 Å². The number of benzene rings is 1. The third-order valence-corrected chi connectivity index (χ3v) is 3.60. The Morgan fingerprint density at radius 1 is 1.35 bits per heavy atom. The maximum absolute atomic E-state index is 13.8. The second-order valence-corrected chi connectivity index (χ2v) is 6.26. The van der Waals surface area contributed by atoms with E-state index in [0.717, 1.165) is 29.4 Å². The van der Waals surface area contributed by atoms with Crippen LogP contribution in [-0.4, -0.2) is 16.1 Å². The zero-order valence-corrected chi connectivity index (χ0v) is 13.8. The molecule has 0 spiro atoms. The molecule has 0 bridgehead atoms. The first-order valence-electron chi connectivity index (χ1n) is 6.64. The van der Waals surface area contributed by atoms with Gasteiger partial charge in [-0.25, -0.2) is 9.37 Å². The smallest absolute Gasteiger partial charge is 0.207 e. The molecule has 0 saturated heterocycles. The first-order valence-corrected chi connectivity index (χ1v) is 7.43. The van der Waals surface area contributed by atoms with Crippen molar-refractivity contribution >= 4 is 21.9 Å². The van der Waals surface area contributed by atoms with Gasteiger partial charge in [0.15, 0.2) is 0 Å². The molecule has 0 aliphatic rings. The Morgan fingerprint density at radius 2 is 2.05 bits per heavy atom. The highest BCUT2D eigenvalue weighted by Gasteiger charge is 2.12. The molecular formula is C15H19BrFN3. The van der Waals surface area contributed by atoms with E-state index in [9.17, 15) is 4.39 Å². The number of nitrogens with one attached hydrogen (secondary N) is 1. The van der Waals surface area contributed by atoms with Crippen LogP contribution in [0.4, 0.5) is 10.3 Å². The molecule has 1 heterocycles. The van der Waals surface area contributed by atoms with Gasteiger partial charge in [0.25, 0.3) is 0 Å². The minimum atomic E-state index is -0.272. The SMILES string of the molecule is Cc1cn(-c2cc(F)c(Br)cc2C)c(NCC(C)C)n1. The minimum absolute atomic E-state index is 0.272. The van der Waals surface area contributed by atoms with Crippen molar-refractivity contribution in [1.29, 1.82) is 0 Å². The fourth-order valence-corrected chi connectivity index (χ4v) is 2.45. The Morgan fingerprint density at radius 3 is 2.70 bits per heavy atom. The van der Waals surface area contributed by atoms with E-state index >= 15 is 0 Å². The van der Waals surface area contributed by atoms with Crippen LogP contribution in [0.2, 0.25) is 0 Å². The zero-order chi connectivity index (χ0) is 14.9. The summed E-state index contributed by atoms with van der Waals surface area (Å²) in [6, 6.07) is 3.31. The number of imidazole rings is 1. The Kier molecular flexibility index (Phi) is 4.48. The average molecular weight is 340 g/mol. The van der Waals surface area contributed by atoms with E-state index in [1.54, 1.807) is 6.07 Å². The Balaban J connectivity index is 2.44. The van der Waals surface area contributed by atoms with Crippen molar-refractivity contribution in [3.63, 3.8) is 0 Å². The lowest BCUT2D eigenvalue weighted by Gasteiger charge is -2.14. The zero-order valence-electron chi connectivity index (χ0n) is 12.2. The molecule has 2 aromatic rings. The second kappa shape index (κ2) is 5.95. The third-order valence-electron chi connectivity index (χ3n) is 2.99. The first-order chi connectivity index (χ1) is 9.38. The molecule has 5 heteroatoms. The van der Waals surface area contributed by atoms with Crippen molar-refractivity contribution in [3.8, 4) is 5.69 Å². The topological polar surface area (TPSA) is 29.9 Å². The molecule has 3 nitrogen and oxygen atoms in total. The Labute approximate surface area is 127 Å². The van der Waals surface area contributed by atoms with Crippen LogP contribution >= 0.6 is 15.9 Å². The summed E-state index contributed by atoms with van der Waals surface area (Å²) < 4.78 is 16.2. The van der Waals surface area contributed by atoms with Crippen molar-refractivity contribution in [1.82, 2.24) is 9.55 Å². The quantitative estimate of drug-likeness (QED) is 0.891. The van der Waals surface area contributed by atoms with Crippen LogP contribution in [-0.2, 0) is 0 Å². The van der Waals surface area contributed by atoms with Gasteiger partial charge in [0.1, 0.15) is 5.82 Å². The van der Waals surface area contributed by atoms with E-state index in [1.165, 1.54) is 6.07 Å². The summed E-state index contributed by atoms with van der Waals surface area (Å²) in [4.78, 5) is 4.47. The number of hydrogen-bond acceptors (Lipinski definition) is 2. The van der Waals surface area contributed by atoms with Gasteiger partial charge in [-0.2, -0.15) is 0 Å². The molecule has 0 saturated carbocycles. The number of halogens is 2. The van der Waals surface area contributed by atoms with Gasteiger partial charge in [-0.05, 0) is 53.4 Å². The lowest BCUT2D eigenvalue weighted by molar-refractivity contribution is 0.619. The minimum Gasteiger partial charge on any atom is -0.355 e. The molecule has 0 amide bonds. The third kappa shape index (κ3) is 3.20. The van der Waals surface area contributed by atoms with Crippen LogP contribution in [0.25, 0.3) is 5.69 Å². The number of aromatic nitrogens is 2. The van der Waals surface area contributed by atoms with Gasteiger partial charge < -0.3 is 5.32 Å². The molecule has 0 atom stereocenters. The second-order valence-electron chi connectivity index (χ2n) is 5.40. The number of rotatable bonds is 4. The number of nitrogens with zero attached hydrogens (tertiary/aromatic N) is 2. The van der Waals surface area contributed by atoms with Gasteiger partial charge in [-0.3, -0.25) is 4.57 Å². The van der Waals surface area contributed by atoms with E-state index in [0.29, 0.717) is 10.4 Å². The Bertz CT molecular complexity index is 620. The summed E-state index contributed by atoms with van der Waals surface area (Å²) in [5.74, 6) is 0.996. The van der Waals surface area contributed by atoms with E-state index in [4.69, 9.17) is 0 Å². The predicted molar refractivity (Wildman–Crippen MR) is 84.0 cm³/mol. The van der Waals surface area contributed by atoms with E-state index in [1.807, 2.05) is 24.6 Å². The summed E-state index contributed by atoms with van der Waals surface area (Å²) in [6.45, 7) is 8.99. The number of hydrogen-bond donors (Lipinski definition) is 1. The van der Waals surface area contributed by atoms with Gasteiger partial charge in [-0.1, -0.05) is 13.8 Å². The molecule has 0 unspecified atom stereocenters. The molecule has 2 rings (SSSR count). The maximum atomic E-state index is 13.8. The summed E-state index contributed by atoms with van der Waals surface area (Å²) in [6.07, 6.45) is 1.92. The molecule has 0 fully saturated rings. The molecule has 1 N–H and O–H groups in total. The van der Waals surface area contributed by atoms with Crippen molar-refractivity contribution in [2.24, 2.45) is 5.92 Å². The largest absolute Gasteiger partial charge is 0.355 e. The van der Waals surface area contributed by atoms with Crippen molar-refractivity contribution < 1.29 is 4.39 Å². The summed E-state index contributed by atoms with van der Waals surface area (Å²) in [7, 11) is 0. The lowest BCUT2D eigenvalue weighted by atomic mass is 10.2. The predicted octanol–water partition coefficient (Wildman–Crippen LogP) is 4.46. The van der Waals surface area contributed by atoms with E-state index < -0.39 is 0 Å². The highest BCUT2D eigenvalue weighted by atomic mass is 79.9. The van der Waals surface area contributed by atoms with Gasteiger partial charge in [0.2, 0.25) is 5.95 Å². The highest BCUT2D eigenvalue weighted by molar-refractivity contribution is 9.10. The van der Waals surface area contributed by atoms with Gasteiger partial charge in [-0.15, -0.1) is 0 Å². The van der Waals surface area contributed by atoms with Crippen LogP contribution in [0, 0.1) is 25.6 Å². The molecule has 108 valence electrons.